The molecule has 1 aliphatic carbocycles. The average molecular weight is 377 g/mol. The highest BCUT2D eigenvalue weighted by Crippen LogP contribution is 2.43. The van der Waals surface area contributed by atoms with Crippen molar-refractivity contribution in [1.82, 2.24) is 4.98 Å². The van der Waals surface area contributed by atoms with Gasteiger partial charge in [-0.1, -0.05) is 18.2 Å². The Morgan fingerprint density at radius 2 is 1.93 bits per heavy atom. The molecular weight excluding hydrogens is 357 g/mol. The lowest BCUT2D eigenvalue weighted by molar-refractivity contribution is -0.119. The Kier molecular flexibility index (Phi) is 4.86. The summed E-state index contributed by atoms with van der Waals surface area (Å²) in [5, 5.41) is 2.82. The van der Waals surface area contributed by atoms with Crippen molar-refractivity contribution in [2.24, 2.45) is 10.9 Å². The first kappa shape index (κ1) is 18.2. The van der Waals surface area contributed by atoms with Crippen molar-refractivity contribution in [1.29, 1.82) is 0 Å². The van der Waals surface area contributed by atoms with Gasteiger partial charge in [0.25, 0.3) is 0 Å². The summed E-state index contributed by atoms with van der Waals surface area (Å²) in [6.07, 6.45) is 3.51. The quantitative estimate of drug-likeness (QED) is 0.877. The van der Waals surface area contributed by atoms with Crippen LogP contribution in [0.2, 0.25) is 0 Å². The van der Waals surface area contributed by atoms with E-state index in [2.05, 4.69) is 15.3 Å². The second kappa shape index (κ2) is 7.46. The zero-order valence-corrected chi connectivity index (χ0v) is 15.5. The number of halogens is 1. The molecule has 1 N–H and O–H groups in total. The van der Waals surface area contributed by atoms with Crippen LogP contribution in [0.5, 0.6) is 0 Å². The van der Waals surface area contributed by atoms with Gasteiger partial charge in [0.1, 0.15) is 11.6 Å². The Labute approximate surface area is 162 Å². The SMILES string of the molecule is CC1=NC2=C(C(=O)CCC2)C(c2ccc(F)cc2)C1C(=O)Nc1ccccn1. The van der Waals surface area contributed by atoms with Gasteiger partial charge in [-0.2, -0.15) is 0 Å². The maximum atomic E-state index is 13.5. The number of anilines is 1. The number of ketones is 1. The van der Waals surface area contributed by atoms with Crippen LogP contribution in [0.15, 0.2) is 64.9 Å². The van der Waals surface area contributed by atoms with Gasteiger partial charge >= 0.3 is 0 Å². The van der Waals surface area contributed by atoms with Crippen LogP contribution >= 0.6 is 0 Å². The lowest BCUT2D eigenvalue weighted by Crippen LogP contribution is -2.39. The third-order valence-electron chi connectivity index (χ3n) is 5.26. The zero-order valence-electron chi connectivity index (χ0n) is 15.5. The fourth-order valence-electron chi connectivity index (χ4n) is 4.02. The Morgan fingerprint density at radius 3 is 2.64 bits per heavy atom. The van der Waals surface area contributed by atoms with E-state index in [0.29, 0.717) is 29.9 Å². The minimum absolute atomic E-state index is 0.0162. The number of allylic oxidation sites excluding steroid dienone is 2. The minimum Gasteiger partial charge on any atom is -0.310 e. The number of aliphatic imine (C=N–C) groups is 1. The van der Waals surface area contributed by atoms with Gasteiger partial charge < -0.3 is 5.32 Å². The number of nitrogens with one attached hydrogen (secondary N) is 1. The molecule has 6 heteroatoms. The molecule has 1 aromatic heterocycles. The Bertz CT molecular complexity index is 981. The van der Waals surface area contributed by atoms with Gasteiger partial charge in [-0.3, -0.25) is 14.6 Å². The molecule has 142 valence electrons. The third kappa shape index (κ3) is 3.38. The van der Waals surface area contributed by atoms with E-state index in [0.717, 1.165) is 17.7 Å². The zero-order chi connectivity index (χ0) is 19.7. The number of amides is 1. The van der Waals surface area contributed by atoms with Gasteiger partial charge in [0.2, 0.25) is 5.91 Å². The topological polar surface area (TPSA) is 71.4 Å². The van der Waals surface area contributed by atoms with Crippen LogP contribution in [0, 0.1) is 11.7 Å². The van der Waals surface area contributed by atoms with E-state index in [9.17, 15) is 14.0 Å². The summed E-state index contributed by atoms with van der Waals surface area (Å²) in [6.45, 7) is 1.81. The Hall–Kier alpha value is -3.15. The summed E-state index contributed by atoms with van der Waals surface area (Å²) >= 11 is 0. The molecule has 1 aliphatic heterocycles. The summed E-state index contributed by atoms with van der Waals surface area (Å²) in [5.74, 6) is -1.32. The van der Waals surface area contributed by atoms with Crippen molar-refractivity contribution in [2.45, 2.75) is 32.1 Å². The van der Waals surface area contributed by atoms with Gasteiger partial charge in [-0.05, 0) is 49.6 Å². The molecule has 5 nitrogen and oxygen atoms in total. The molecule has 0 saturated carbocycles. The Balaban J connectivity index is 1.78. The fourth-order valence-corrected chi connectivity index (χ4v) is 4.02. The number of hydrogen-bond donors (Lipinski definition) is 1. The Morgan fingerprint density at radius 1 is 1.14 bits per heavy atom. The molecule has 0 fully saturated rings. The smallest absolute Gasteiger partial charge is 0.235 e. The van der Waals surface area contributed by atoms with E-state index in [1.54, 1.807) is 36.5 Å². The number of benzene rings is 1. The van der Waals surface area contributed by atoms with Crippen LogP contribution in [0.25, 0.3) is 0 Å². The van der Waals surface area contributed by atoms with Crippen LogP contribution in [0.3, 0.4) is 0 Å². The summed E-state index contributed by atoms with van der Waals surface area (Å²) in [6, 6.07) is 11.3. The molecule has 0 radical (unpaired) electrons. The number of rotatable bonds is 3. The van der Waals surface area contributed by atoms with Crippen LogP contribution in [0.1, 0.15) is 37.7 Å². The molecule has 1 aromatic carbocycles. The summed E-state index contributed by atoms with van der Waals surface area (Å²) in [4.78, 5) is 34.7. The normalized spacial score (nSPS) is 21.8. The van der Waals surface area contributed by atoms with E-state index < -0.39 is 11.8 Å². The van der Waals surface area contributed by atoms with E-state index in [4.69, 9.17) is 0 Å². The molecule has 2 aromatic rings. The van der Waals surface area contributed by atoms with Crippen LogP contribution in [0.4, 0.5) is 10.2 Å². The number of aromatic nitrogens is 1. The molecule has 0 spiro atoms. The van der Waals surface area contributed by atoms with Crippen molar-refractivity contribution >= 4 is 23.2 Å². The molecule has 28 heavy (non-hydrogen) atoms. The van der Waals surface area contributed by atoms with Gasteiger partial charge in [0.15, 0.2) is 5.78 Å². The number of hydrogen-bond acceptors (Lipinski definition) is 4. The van der Waals surface area contributed by atoms with Crippen molar-refractivity contribution in [3.8, 4) is 0 Å². The average Bonchev–Trinajstić information content (AvgIpc) is 2.68. The van der Waals surface area contributed by atoms with E-state index in [1.807, 2.05) is 6.92 Å². The van der Waals surface area contributed by atoms with Gasteiger partial charge in [-0.15, -0.1) is 0 Å². The molecule has 4 rings (SSSR count). The standard InChI is InChI=1S/C22H20FN3O2/c1-13-19(22(28)26-18-7-2-3-12-24-18)20(14-8-10-15(23)11-9-14)21-16(25-13)5-4-6-17(21)27/h2-3,7-12,19-20H,4-6H2,1H3,(H,24,26,28). The van der Waals surface area contributed by atoms with E-state index in [-0.39, 0.29) is 17.5 Å². The van der Waals surface area contributed by atoms with Crippen LogP contribution < -0.4 is 5.32 Å². The first-order valence-corrected chi connectivity index (χ1v) is 9.33. The fraction of sp³-hybridized carbons (Fsp3) is 0.273. The maximum Gasteiger partial charge on any atom is 0.235 e. The lowest BCUT2D eigenvalue weighted by atomic mass is 9.71. The van der Waals surface area contributed by atoms with Crippen molar-refractivity contribution in [2.75, 3.05) is 5.32 Å². The number of nitrogens with zero attached hydrogens (tertiary/aromatic N) is 2. The second-order valence-corrected chi connectivity index (χ2v) is 7.10. The van der Waals surface area contributed by atoms with Crippen LogP contribution in [-0.2, 0) is 9.59 Å². The highest BCUT2D eigenvalue weighted by molar-refractivity contribution is 6.13. The molecule has 2 heterocycles. The van der Waals surface area contributed by atoms with Crippen molar-refractivity contribution < 1.29 is 14.0 Å². The molecule has 1 amide bonds. The molecule has 2 unspecified atom stereocenters. The monoisotopic (exact) mass is 377 g/mol. The molecule has 0 bridgehead atoms. The van der Waals surface area contributed by atoms with Gasteiger partial charge in [0, 0.05) is 35.5 Å². The second-order valence-electron chi connectivity index (χ2n) is 7.10. The number of pyridine rings is 1. The predicted octanol–water partition coefficient (Wildman–Crippen LogP) is 4.04. The molecule has 2 aliphatic rings. The van der Waals surface area contributed by atoms with Gasteiger partial charge in [-0.25, -0.2) is 9.37 Å². The highest BCUT2D eigenvalue weighted by atomic mass is 19.1. The molecule has 0 saturated heterocycles. The van der Waals surface area contributed by atoms with Crippen LogP contribution in [-0.4, -0.2) is 22.4 Å². The molecular formula is C22H20FN3O2. The van der Waals surface area contributed by atoms with Gasteiger partial charge in [0.05, 0.1) is 5.92 Å². The summed E-state index contributed by atoms with van der Waals surface area (Å²) < 4.78 is 13.5. The van der Waals surface area contributed by atoms with E-state index in [1.165, 1.54) is 12.1 Å². The summed E-state index contributed by atoms with van der Waals surface area (Å²) in [7, 11) is 0. The third-order valence-corrected chi connectivity index (χ3v) is 5.26. The first-order valence-electron chi connectivity index (χ1n) is 9.33. The van der Waals surface area contributed by atoms with E-state index >= 15 is 0 Å². The molecule has 2 atom stereocenters. The highest BCUT2D eigenvalue weighted by Gasteiger charge is 2.42. The largest absolute Gasteiger partial charge is 0.310 e. The number of carbonyl (C=O) groups is 2. The minimum atomic E-state index is -0.659. The predicted molar refractivity (Wildman–Crippen MR) is 104 cm³/mol. The first-order chi connectivity index (χ1) is 13.5. The lowest BCUT2D eigenvalue weighted by Gasteiger charge is -2.34. The number of carbonyl (C=O) groups excluding carboxylic acids is 2. The number of Topliss-reactive ketones (excluding diaryl/α,β-unsaturated/α-hetero) is 1. The van der Waals surface area contributed by atoms with Crippen molar-refractivity contribution in [3.05, 3.63) is 71.3 Å². The maximum absolute atomic E-state index is 13.5. The summed E-state index contributed by atoms with van der Waals surface area (Å²) in [5.41, 5.74) is 2.73. The van der Waals surface area contributed by atoms with Crippen molar-refractivity contribution in [3.63, 3.8) is 0 Å².